The van der Waals surface area contributed by atoms with Crippen molar-refractivity contribution in [1.29, 1.82) is 0 Å². The summed E-state index contributed by atoms with van der Waals surface area (Å²) in [5.41, 5.74) is -0.423. The lowest BCUT2D eigenvalue weighted by atomic mass is 10.2. The molecule has 0 aromatic heterocycles. The zero-order valence-electron chi connectivity index (χ0n) is 8.91. The van der Waals surface area contributed by atoms with Crippen LogP contribution in [0.4, 0.5) is 4.79 Å². The molecule has 1 aliphatic rings. The molecule has 0 spiro atoms. The van der Waals surface area contributed by atoms with Gasteiger partial charge in [-0.25, -0.2) is 4.79 Å². The number of rotatable bonds is 0. The highest BCUT2D eigenvalue weighted by atomic mass is 32.1. The van der Waals surface area contributed by atoms with Gasteiger partial charge in [0.25, 0.3) is 0 Å². The smallest absolute Gasteiger partial charge is 0.410 e. The Balaban J connectivity index is 2.44. The molecule has 1 amide bonds. The maximum absolute atomic E-state index is 11.6. The largest absolute Gasteiger partial charge is 0.444 e. The van der Waals surface area contributed by atoms with Gasteiger partial charge in [0.15, 0.2) is 0 Å². The van der Waals surface area contributed by atoms with Crippen LogP contribution in [-0.2, 0) is 4.74 Å². The Hall–Kier alpha value is -0.420. The van der Waals surface area contributed by atoms with E-state index in [-0.39, 0.29) is 11.5 Å². The molecule has 0 radical (unpaired) electrons. The van der Waals surface area contributed by atoms with Crippen LogP contribution in [-0.4, -0.2) is 41.6 Å². The van der Waals surface area contributed by atoms with Crippen molar-refractivity contribution in [3.8, 4) is 0 Å². The lowest BCUT2D eigenvalue weighted by Gasteiger charge is -2.32. The molecule has 1 fully saturated rings. The molecule has 0 aromatic rings. The Morgan fingerprint density at radius 2 is 2.21 bits per heavy atom. The Kier molecular flexibility index (Phi) is 3.66. The number of carbonyl (C=O) groups excluding carboxylic acids is 1. The highest BCUT2D eigenvalue weighted by Crippen LogP contribution is 2.11. The summed E-state index contributed by atoms with van der Waals surface area (Å²) < 4.78 is 5.25. The van der Waals surface area contributed by atoms with Gasteiger partial charge in [-0.05, 0) is 20.8 Å². The normalized spacial score (nSPS) is 23.4. The summed E-state index contributed by atoms with van der Waals surface area (Å²) >= 11 is 4.27. The fourth-order valence-electron chi connectivity index (χ4n) is 1.22. The third-order valence-corrected chi connectivity index (χ3v) is 2.15. The number of amides is 1. The van der Waals surface area contributed by atoms with E-state index in [0.29, 0.717) is 13.1 Å². The van der Waals surface area contributed by atoms with E-state index in [2.05, 4.69) is 17.9 Å². The lowest BCUT2D eigenvalue weighted by Crippen LogP contribution is -2.51. The lowest BCUT2D eigenvalue weighted by molar-refractivity contribution is 0.0221. The van der Waals surface area contributed by atoms with E-state index in [1.54, 1.807) is 4.90 Å². The number of ether oxygens (including phenoxy) is 1. The predicted octanol–water partition coefficient (Wildman–Crippen LogP) is 1.08. The van der Waals surface area contributed by atoms with Gasteiger partial charge >= 0.3 is 6.09 Å². The molecule has 1 rings (SSSR count). The Bertz CT molecular complexity index is 215. The number of thiol groups is 1. The van der Waals surface area contributed by atoms with Crippen molar-refractivity contribution in [2.75, 3.05) is 19.6 Å². The van der Waals surface area contributed by atoms with Crippen LogP contribution in [0.2, 0.25) is 0 Å². The molecule has 0 aliphatic carbocycles. The van der Waals surface area contributed by atoms with Crippen LogP contribution in [0, 0.1) is 0 Å². The summed E-state index contributed by atoms with van der Waals surface area (Å²) in [7, 11) is 0. The second-order valence-electron chi connectivity index (χ2n) is 4.40. The van der Waals surface area contributed by atoms with E-state index in [4.69, 9.17) is 4.74 Å². The molecule has 1 unspecified atom stereocenters. The fraction of sp³-hybridized carbons (Fsp3) is 0.889. The van der Waals surface area contributed by atoms with E-state index in [0.717, 1.165) is 6.54 Å². The average molecular weight is 218 g/mol. The second-order valence-corrected chi connectivity index (χ2v) is 5.02. The average Bonchev–Trinajstić information content (AvgIpc) is 2.01. The first-order valence-electron chi connectivity index (χ1n) is 4.78. The topological polar surface area (TPSA) is 41.6 Å². The summed E-state index contributed by atoms with van der Waals surface area (Å²) in [6.45, 7) is 7.65. The molecular weight excluding hydrogens is 200 g/mol. The van der Waals surface area contributed by atoms with Gasteiger partial charge in [-0.3, -0.25) is 0 Å². The monoisotopic (exact) mass is 218 g/mol. The van der Waals surface area contributed by atoms with Gasteiger partial charge in [0.1, 0.15) is 5.60 Å². The van der Waals surface area contributed by atoms with E-state index in [1.807, 2.05) is 20.8 Å². The van der Waals surface area contributed by atoms with Crippen LogP contribution < -0.4 is 5.32 Å². The molecule has 1 aliphatic heterocycles. The summed E-state index contributed by atoms with van der Waals surface area (Å²) in [5, 5.41) is 3.20. The van der Waals surface area contributed by atoms with Crippen molar-refractivity contribution in [3.63, 3.8) is 0 Å². The van der Waals surface area contributed by atoms with Crippen LogP contribution in [0.1, 0.15) is 20.8 Å². The molecule has 4 nitrogen and oxygen atoms in total. The van der Waals surface area contributed by atoms with Crippen LogP contribution in [0.15, 0.2) is 0 Å². The van der Waals surface area contributed by atoms with Gasteiger partial charge in [0.2, 0.25) is 0 Å². The van der Waals surface area contributed by atoms with E-state index in [1.165, 1.54) is 0 Å². The first-order chi connectivity index (χ1) is 6.38. The quantitative estimate of drug-likeness (QED) is 0.598. The van der Waals surface area contributed by atoms with Crippen LogP contribution >= 0.6 is 12.6 Å². The Morgan fingerprint density at radius 1 is 1.57 bits per heavy atom. The number of nitrogens with zero attached hydrogens (tertiary/aromatic N) is 1. The van der Waals surface area contributed by atoms with E-state index < -0.39 is 5.60 Å². The number of hydrogen-bond acceptors (Lipinski definition) is 4. The maximum atomic E-state index is 11.6. The Labute approximate surface area is 90.4 Å². The van der Waals surface area contributed by atoms with Gasteiger partial charge in [0.05, 0.1) is 5.37 Å². The van der Waals surface area contributed by atoms with Crippen molar-refractivity contribution in [1.82, 2.24) is 10.2 Å². The highest BCUT2D eigenvalue weighted by molar-refractivity contribution is 7.80. The molecule has 0 bridgehead atoms. The molecule has 82 valence electrons. The first kappa shape index (κ1) is 11.7. The van der Waals surface area contributed by atoms with Crippen LogP contribution in [0.3, 0.4) is 0 Å². The zero-order chi connectivity index (χ0) is 10.8. The van der Waals surface area contributed by atoms with E-state index in [9.17, 15) is 4.79 Å². The van der Waals surface area contributed by atoms with Crippen LogP contribution in [0.25, 0.3) is 0 Å². The van der Waals surface area contributed by atoms with Crippen molar-refractivity contribution in [2.45, 2.75) is 31.7 Å². The number of hydrogen-bond donors (Lipinski definition) is 2. The summed E-state index contributed by atoms with van der Waals surface area (Å²) in [6, 6.07) is 0. The van der Waals surface area contributed by atoms with Gasteiger partial charge in [-0.2, -0.15) is 12.6 Å². The number of carbonyl (C=O) groups is 1. The molecule has 5 heteroatoms. The van der Waals surface area contributed by atoms with E-state index >= 15 is 0 Å². The second kappa shape index (κ2) is 4.40. The van der Waals surface area contributed by atoms with Crippen molar-refractivity contribution in [2.24, 2.45) is 0 Å². The van der Waals surface area contributed by atoms with Gasteiger partial charge in [-0.1, -0.05) is 0 Å². The number of nitrogens with one attached hydrogen (secondary N) is 1. The van der Waals surface area contributed by atoms with Crippen molar-refractivity contribution in [3.05, 3.63) is 0 Å². The van der Waals surface area contributed by atoms with Crippen LogP contribution in [0.5, 0.6) is 0 Å². The van der Waals surface area contributed by atoms with Gasteiger partial charge in [-0.15, -0.1) is 0 Å². The minimum absolute atomic E-state index is 0.0521. The molecule has 0 aromatic carbocycles. The molecule has 0 saturated carbocycles. The summed E-state index contributed by atoms with van der Waals surface area (Å²) in [4.78, 5) is 13.3. The minimum Gasteiger partial charge on any atom is -0.444 e. The van der Waals surface area contributed by atoms with Gasteiger partial charge in [0, 0.05) is 19.6 Å². The summed E-state index contributed by atoms with van der Waals surface area (Å²) in [6.07, 6.45) is -0.252. The zero-order valence-corrected chi connectivity index (χ0v) is 9.80. The number of piperazine rings is 1. The third kappa shape index (κ3) is 3.75. The minimum atomic E-state index is -0.423. The molecular formula is C9H18N2O2S. The first-order valence-corrected chi connectivity index (χ1v) is 5.29. The van der Waals surface area contributed by atoms with Crippen molar-refractivity contribution >= 4 is 18.7 Å². The highest BCUT2D eigenvalue weighted by Gasteiger charge is 2.25. The Morgan fingerprint density at radius 3 is 2.71 bits per heavy atom. The molecule has 1 heterocycles. The third-order valence-electron chi connectivity index (χ3n) is 1.81. The molecule has 1 atom stereocenters. The standard InChI is InChI=1S/C9H18N2O2S/c1-9(2,3)13-8(12)11-5-4-10-7(14)6-11/h7,10,14H,4-6H2,1-3H3. The summed E-state index contributed by atoms with van der Waals surface area (Å²) in [5.74, 6) is 0. The molecule has 14 heavy (non-hydrogen) atoms. The molecule has 1 N–H and O–H groups in total. The van der Waals surface area contributed by atoms with Gasteiger partial charge < -0.3 is 15.0 Å². The van der Waals surface area contributed by atoms with Crippen molar-refractivity contribution < 1.29 is 9.53 Å². The fourth-order valence-corrected chi connectivity index (χ4v) is 1.55. The molecule has 1 saturated heterocycles. The maximum Gasteiger partial charge on any atom is 0.410 e. The predicted molar refractivity (Wildman–Crippen MR) is 58.6 cm³/mol. The SMILES string of the molecule is CC(C)(C)OC(=O)N1CCNC(S)C1.